The summed E-state index contributed by atoms with van der Waals surface area (Å²) in [6, 6.07) is 55.9. The van der Waals surface area contributed by atoms with Crippen molar-refractivity contribution in [1.29, 1.82) is 0 Å². The molecule has 0 unspecified atom stereocenters. The summed E-state index contributed by atoms with van der Waals surface area (Å²) in [5.74, 6) is 0. The zero-order valence-corrected chi connectivity index (χ0v) is 28.9. The van der Waals surface area contributed by atoms with E-state index in [2.05, 4.69) is 162 Å². The SMILES string of the molecule is c1ccc2c(c1)c1ccccc1c1cc3c(cc21)sc1cc(-c2ccc4sc5ccc(-n6c7ccccc7c7ccccc76)cc5c4c2)ncc13. The fourth-order valence-corrected chi connectivity index (χ4v) is 10.7. The van der Waals surface area contributed by atoms with Crippen molar-refractivity contribution < 1.29 is 0 Å². The third-order valence-corrected chi connectivity index (χ3v) is 13.1. The van der Waals surface area contributed by atoms with E-state index >= 15 is 0 Å². The minimum Gasteiger partial charge on any atom is -0.309 e. The van der Waals surface area contributed by atoms with Crippen LogP contribution in [-0.2, 0) is 0 Å². The Bertz CT molecular complexity index is 3380. The summed E-state index contributed by atoms with van der Waals surface area (Å²) in [5.41, 5.74) is 5.80. The van der Waals surface area contributed by atoms with E-state index in [9.17, 15) is 0 Å². The summed E-state index contributed by atoms with van der Waals surface area (Å²) in [6.45, 7) is 0. The van der Waals surface area contributed by atoms with Gasteiger partial charge in [0, 0.05) is 68.6 Å². The van der Waals surface area contributed by atoms with E-state index in [0.717, 1.165) is 11.3 Å². The van der Waals surface area contributed by atoms with Gasteiger partial charge in [-0.25, -0.2) is 0 Å². The van der Waals surface area contributed by atoms with Crippen LogP contribution < -0.4 is 0 Å². The molecule has 0 saturated heterocycles. The van der Waals surface area contributed by atoms with Gasteiger partial charge < -0.3 is 4.57 Å². The molecule has 4 heteroatoms. The van der Waals surface area contributed by atoms with Crippen LogP contribution in [0.5, 0.6) is 0 Å². The van der Waals surface area contributed by atoms with Crippen molar-refractivity contribution >= 4 is 117 Å². The highest BCUT2D eigenvalue weighted by molar-refractivity contribution is 7.26. The molecule has 0 bridgehead atoms. The second-order valence-electron chi connectivity index (χ2n) is 13.5. The van der Waals surface area contributed by atoms with E-state index in [-0.39, 0.29) is 0 Å². The van der Waals surface area contributed by atoms with Crippen LogP contribution in [0.4, 0.5) is 0 Å². The summed E-state index contributed by atoms with van der Waals surface area (Å²) in [5, 5.41) is 15.4. The van der Waals surface area contributed by atoms with Gasteiger partial charge in [-0.1, -0.05) is 91.0 Å². The maximum atomic E-state index is 5.10. The molecule has 0 saturated carbocycles. The van der Waals surface area contributed by atoms with Gasteiger partial charge in [-0.15, -0.1) is 22.7 Å². The minimum absolute atomic E-state index is 1.01. The first-order chi connectivity index (χ1) is 25.3. The Balaban J connectivity index is 1.03. The number of nitrogens with zero attached hydrogens (tertiary/aromatic N) is 2. The summed E-state index contributed by atoms with van der Waals surface area (Å²) < 4.78 is 7.56. The van der Waals surface area contributed by atoms with Crippen LogP contribution >= 0.6 is 22.7 Å². The first kappa shape index (κ1) is 27.7. The van der Waals surface area contributed by atoms with Gasteiger partial charge in [0.1, 0.15) is 0 Å². The largest absolute Gasteiger partial charge is 0.309 e. The Kier molecular flexibility index (Phi) is 5.56. The van der Waals surface area contributed by atoms with Crippen LogP contribution in [-0.4, -0.2) is 9.55 Å². The monoisotopic (exact) mass is 682 g/mol. The molecular weight excluding hydrogens is 657 g/mol. The molecule has 51 heavy (non-hydrogen) atoms. The number of para-hydroxylation sites is 2. The van der Waals surface area contributed by atoms with E-state index in [1.807, 2.05) is 22.7 Å². The van der Waals surface area contributed by atoms with Crippen LogP contribution in [0.15, 0.2) is 158 Å². The van der Waals surface area contributed by atoms with Crippen molar-refractivity contribution in [2.24, 2.45) is 0 Å². The Labute approximate surface area is 300 Å². The molecule has 0 amide bonds. The highest BCUT2D eigenvalue weighted by Crippen LogP contribution is 2.43. The second-order valence-corrected chi connectivity index (χ2v) is 15.7. The maximum absolute atomic E-state index is 5.10. The van der Waals surface area contributed by atoms with E-state index in [1.54, 1.807) is 0 Å². The second kappa shape index (κ2) is 10.2. The molecule has 236 valence electrons. The molecule has 12 aromatic rings. The molecule has 0 radical (unpaired) electrons. The molecule has 0 aliphatic heterocycles. The van der Waals surface area contributed by atoms with Gasteiger partial charge in [0.2, 0.25) is 0 Å². The summed E-state index contributed by atoms with van der Waals surface area (Å²) >= 11 is 3.73. The number of pyridine rings is 1. The van der Waals surface area contributed by atoms with Gasteiger partial charge in [0.15, 0.2) is 0 Å². The highest BCUT2D eigenvalue weighted by atomic mass is 32.1. The standard InChI is InChI=1S/C47H26N2S2/c1-3-11-31-29(9-1)30-10-2-4-12-32(30)36-24-46-39(23-35(31)36)40-26-48-41(25-47(40)51-46)27-17-19-44-37(21-27)38-22-28(18-20-45(38)50-44)49-42-15-7-5-13-33(42)34-14-6-8-16-43(34)49/h1-26H. The lowest BCUT2D eigenvalue weighted by atomic mass is 9.93. The number of benzene rings is 8. The van der Waals surface area contributed by atoms with Crippen molar-refractivity contribution in [3.63, 3.8) is 0 Å². The van der Waals surface area contributed by atoms with Gasteiger partial charge in [-0.3, -0.25) is 4.98 Å². The lowest BCUT2D eigenvalue weighted by Crippen LogP contribution is -1.93. The van der Waals surface area contributed by atoms with Crippen LogP contribution in [0.2, 0.25) is 0 Å². The van der Waals surface area contributed by atoms with Crippen LogP contribution in [0.1, 0.15) is 0 Å². The van der Waals surface area contributed by atoms with E-state index in [0.29, 0.717) is 0 Å². The van der Waals surface area contributed by atoms with Crippen molar-refractivity contribution in [2.75, 3.05) is 0 Å². The molecule has 12 rings (SSSR count). The Morgan fingerprint density at radius 1 is 0.353 bits per heavy atom. The van der Waals surface area contributed by atoms with Crippen molar-refractivity contribution in [1.82, 2.24) is 9.55 Å². The predicted octanol–water partition coefficient (Wildman–Crippen LogP) is 14.0. The molecule has 0 N–H and O–H groups in total. The molecule has 0 aliphatic rings. The van der Waals surface area contributed by atoms with Crippen molar-refractivity contribution in [3.05, 3.63) is 158 Å². The van der Waals surface area contributed by atoms with Crippen molar-refractivity contribution in [3.8, 4) is 16.9 Å². The van der Waals surface area contributed by atoms with Gasteiger partial charge in [0.25, 0.3) is 0 Å². The lowest BCUT2D eigenvalue weighted by Gasteiger charge is -2.10. The average molecular weight is 683 g/mol. The minimum atomic E-state index is 1.01. The molecule has 8 aromatic carbocycles. The molecule has 2 nitrogen and oxygen atoms in total. The molecular formula is C47H26N2S2. The molecule has 0 spiro atoms. The lowest BCUT2D eigenvalue weighted by molar-refractivity contribution is 1.19. The maximum Gasteiger partial charge on any atom is 0.0716 e. The van der Waals surface area contributed by atoms with Crippen molar-refractivity contribution in [2.45, 2.75) is 0 Å². The topological polar surface area (TPSA) is 17.8 Å². The summed E-state index contributed by atoms with van der Waals surface area (Å²) in [6.07, 6.45) is 2.09. The Hall–Kier alpha value is -6.07. The Morgan fingerprint density at radius 2 is 0.863 bits per heavy atom. The van der Waals surface area contributed by atoms with Gasteiger partial charge in [-0.2, -0.15) is 0 Å². The normalized spacial score (nSPS) is 12.3. The molecule has 4 heterocycles. The van der Waals surface area contributed by atoms with Crippen LogP contribution in [0.25, 0.3) is 111 Å². The smallest absolute Gasteiger partial charge is 0.0716 e. The zero-order valence-electron chi connectivity index (χ0n) is 27.2. The number of rotatable bonds is 2. The number of hydrogen-bond donors (Lipinski definition) is 0. The summed E-state index contributed by atoms with van der Waals surface area (Å²) in [4.78, 5) is 5.10. The summed E-state index contributed by atoms with van der Waals surface area (Å²) in [7, 11) is 0. The molecule has 0 aliphatic carbocycles. The molecule has 0 fully saturated rings. The average Bonchev–Trinajstić information content (AvgIpc) is 3.85. The highest BCUT2D eigenvalue weighted by Gasteiger charge is 2.16. The quantitative estimate of drug-likeness (QED) is 0.166. The van der Waals surface area contributed by atoms with Crippen LogP contribution in [0.3, 0.4) is 0 Å². The molecule has 4 aromatic heterocycles. The van der Waals surface area contributed by atoms with Crippen LogP contribution in [0, 0.1) is 0 Å². The zero-order chi connectivity index (χ0) is 33.2. The number of aromatic nitrogens is 2. The first-order valence-electron chi connectivity index (χ1n) is 17.3. The number of thiophene rings is 2. The van der Waals surface area contributed by atoms with E-state index in [4.69, 9.17) is 4.98 Å². The van der Waals surface area contributed by atoms with Gasteiger partial charge in [0.05, 0.1) is 16.7 Å². The third-order valence-electron chi connectivity index (χ3n) is 10.8. The third kappa shape index (κ3) is 3.89. The fourth-order valence-electron chi connectivity index (χ4n) is 8.49. The van der Waals surface area contributed by atoms with Gasteiger partial charge in [-0.05, 0) is 93.0 Å². The number of hydrogen-bond acceptors (Lipinski definition) is 3. The van der Waals surface area contributed by atoms with E-state index < -0.39 is 0 Å². The fraction of sp³-hybridized carbons (Fsp3) is 0. The van der Waals surface area contributed by atoms with Gasteiger partial charge >= 0.3 is 0 Å². The molecule has 0 atom stereocenters. The Morgan fingerprint density at radius 3 is 1.55 bits per heavy atom. The number of fused-ring (bicyclic) bond motifs is 15. The predicted molar refractivity (Wildman–Crippen MR) is 222 cm³/mol. The first-order valence-corrected chi connectivity index (χ1v) is 18.9. The van der Waals surface area contributed by atoms with E-state index in [1.165, 1.54) is 100 Å².